The van der Waals surface area contributed by atoms with Gasteiger partial charge in [-0.2, -0.15) is 0 Å². The third-order valence-electron chi connectivity index (χ3n) is 5.92. The highest BCUT2D eigenvalue weighted by Gasteiger charge is 2.39. The van der Waals surface area contributed by atoms with Crippen molar-refractivity contribution in [3.8, 4) is 28.5 Å². The van der Waals surface area contributed by atoms with E-state index < -0.39 is 0 Å². The van der Waals surface area contributed by atoms with Crippen LogP contribution in [0.25, 0.3) is 22.8 Å². The molecular formula is C22H25N5O2. The minimum atomic E-state index is 0.298. The summed E-state index contributed by atoms with van der Waals surface area (Å²) in [7, 11) is 3.66. The predicted octanol–water partition coefficient (Wildman–Crippen LogP) is 2.97. The zero-order valence-electron chi connectivity index (χ0n) is 16.8. The maximum Gasteiger partial charge on any atom is 0.223 e. The molecule has 2 fully saturated rings. The van der Waals surface area contributed by atoms with E-state index in [1.165, 1.54) is 0 Å². The summed E-state index contributed by atoms with van der Waals surface area (Å²) in [5, 5.41) is 0. The first-order chi connectivity index (χ1) is 14.1. The van der Waals surface area contributed by atoms with Crippen LogP contribution in [0.15, 0.2) is 43.0 Å². The van der Waals surface area contributed by atoms with Gasteiger partial charge in [0, 0.05) is 56.5 Å². The van der Waals surface area contributed by atoms with Crippen molar-refractivity contribution in [2.45, 2.75) is 31.8 Å². The molecule has 29 heavy (non-hydrogen) atoms. The molecule has 1 aliphatic carbocycles. The average Bonchev–Trinajstić information content (AvgIpc) is 3.20. The number of carbonyl (C=O) groups is 1. The Labute approximate surface area is 169 Å². The van der Waals surface area contributed by atoms with Crippen LogP contribution in [0, 0.1) is 5.92 Å². The van der Waals surface area contributed by atoms with E-state index in [4.69, 9.17) is 9.72 Å². The molecule has 7 heteroatoms. The second-order valence-electron chi connectivity index (χ2n) is 8.03. The quantitative estimate of drug-likeness (QED) is 0.648. The molecule has 5 rings (SSSR count). The Kier molecular flexibility index (Phi) is 4.38. The Morgan fingerprint density at radius 1 is 1.17 bits per heavy atom. The zero-order valence-corrected chi connectivity index (χ0v) is 16.8. The van der Waals surface area contributed by atoms with Crippen LogP contribution in [0.1, 0.15) is 19.3 Å². The van der Waals surface area contributed by atoms with Crippen LogP contribution in [0.2, 0.25) is 0 Å². The van der Waals surface area contributed by atoms with Crippen molar-refractivity contribution < 1.29 is 9.53 Å². The lowest BCUT2D eigenvalue weighted by Crippen LogP contribution is -2.27. The third kappa shape index (κ3) is 3.30. The standard InChI is InChI=1S/C22H25N5O2/c1-25-10-9-23-22(25)21-20(16-3-7-18(29-2)8-4-16)24-14-26(21)12-15-11-19(28)27(13-15)17-5-6-17/h3-4,7-10,14-15,17H,5-6,11-13H2,1-2H3. The van der Waals surface area contributed by atoms with Crippen molar-refractivity contribution in [1.82, 2.24) is 24.0 Å². The van der Waals surface area contributed by atoms with Gasteiger partial charge in [0.25, 0.3) is 0 Å². The second kappa shape index (κ2) is 7.06. The largest absolute Gasteiger partial charge is 0.497 e. The van der Waals surface area contributed by atoms with Crippen molar-refractivity contribution in [3.05, 3.63) is 43.0 Å². The maximum absolute atomic E-state index is 12.4. The van der Waals surface area contributed by atoms with E-state index in [9.17, 15) is 4.79 Å². The molecule has 3 heterocycles. The zero-order chi connectivity index (χ0) is 20.0. The van der Waals surface area contributed by atoms with Crippen LogP contribution >= 0.6 is 0 Å². The molecule has 1 saturated carbocycles. The summed E-state index contributed by atoms with van der Waals surface area (Å²) in [4.78, 5) is 23.8. The molecule has 1 aliphatic heterocycles. The first-order valence-corrected chi connectivity index (χ1v) is 10.1. The molecule has 1 saturated heterocycles. The van der Waals surface area contributed by atoms with Crippen LogP contribution in [0.5, 0.6) is 5.75 Å². The Morgan fingerprint density at radius 2 is 1.97 bits per heavy atom. The minimum absolute atomic E-state index is 0.298. The molecule has 1 aromatic carbocycles. The number of hydrogen-bond acceptors (Lipinski definition) is 4. The minimum Gasteiger partial charge on any atom is -0.497 e. The number of imidazole rings is 2. The van der Waals surface area contributed by atoms with E-state index >= 15 is 0 Å². The third-order valence-corrected chi connectivity index (χ3v) is 5.92. The first-order valence-electron chi connectivity index (χ1n) is 10.1. The first kappa shape index (κ1) is 18.0. The summed E-state index contributed by atoms with van der Waals surface area (Å²) in [5.74, 6) is 2.29. The molecule has 2 aromatic heterocycles. The number of hydrogen-bond donors (Lipinski definition) is 0. The smallest absolute Gasteiger partial charge is 0.223 e. The van der Waals surface area contributed by atoms with Gasteiger partial charge < -0.3 is 18.8 Å². The highest BCUT2D eigenvalue weighted by Crippen LogP contribution is 2.35. The van der Waals surface area contributed by atoms with Gasteiger partial charge in [-0.25, -0.2) is 9.97 Å². The Bertz CT molecular complexity index is 1030. The molecular weight excluding hydrogens is 366 g/mol. The fourth-order valence-electron chi connectivity index (χ4n) is 4.26. The SMILES string of the molecule is COc1ccc(-c2ncn(CC3CC(=O)N(C4CC4)C3)c2-c2nccn2C)cc1. The van der Waals surface area contributed by atoms with Crippen LogP contribution in [0.3, 0.4) is 0 Å². The number of amides is 1. The number of aryl methyl sites for hydroxylation is 1. The number of likely N-dealkylation sites (tertiary alicyclic amines) is 1. The molecule has 1 unspecified atom stereocenters. The molecule has 3 aromatic rings. The number of rotatable bonds is 6. The predicted molar refractivity (Wildman–Crippen MR) is 109 cm³/mol. The van der Waals surface area contributed by atoms with Crippen molar-refractivity contribution in [2.75, 3.05) is 13.7 Å². The van der Waals surface area contributed by atoms with E-state index in [0.29, 0.717) is 24.3 Å². The lowest BCUT2D eigenvalue weighted by atomic mass is 10.1. The van der Waals surface area contributed by atoms with Crippen LogP contribution in [-0.2, 0) is 18.4 Å². The van der Waals surface area contributed by atoms with Gasteiger partial charge in [-0.05, 0) is 37.1 Å². The maximum atomic E-state index is 12.4. The number of carbonyl (C=O) groups excluding carboxylic acids is 1. The lowest BCUT2D eigenvalue weighted by Gasteiger charge is -2.17. The van der Waals surface area contributed by atoms with Crippen molar-refractivity contribution in [2.24, 2.45) is 13.0 Å². The Hall–Kier alpha value is -3.09. The monoisotopic (exact) mass is 391 g/mol. The fraction of sp³-hybridized carbons (Fsp3) is 0.409. The number of benzene rings is 1. The number of methoxy groups -OCH3 is 1. The highest BCUT2D eigenvalue weighted by molar-refractivity contribution is 5.79. The average molecular weight is 391 g/mol. The van der Waals surface area contributed by atoms with Gasteiger partial charge in [-0.15, -0.1) is 0 Å². The van der Waals surface area contributed by atoms with Crippen LogP contribution < -0.4 is 4.74 Å². The fourth-order valence-corrected chi connectivity index (χ4v) is 4.26. The van der Waals surface area contributed by atoms with Gasteiger partial charge in [0.15, 0.2) is 5.82 Å². The summed E-state index contributed by atoms with van der Waals surface area (Å²) >= 11 is 0. The molecule has 0 radical (unpaired) electrons. The lowest BCUT2D eigenvalue weighted by molar-refractivity contribution is -0.128. The molecule has 0 spiro atoms. The Morgan fingerprint density at radius 3 is 2.62 bits per heavy atom. The second-order valence-corrected chi connectivity index (χ2v) is 8.03. The number of ether oxygens (including phenoxy) is 1. The molecule has 0 bridgehead atoms. The normalized spacial score (nSPS) is 19.2. The molecule has 2 aliphatic rings. The van der Waals surface area contributed by atoms with Crippen LogP contribution in [-0.4, -0.2) is 49.6 Å². The molecule has 7 nitrogen and oxygen atoms in total. The topological polar surface area (TPSA) is 65.2 Å². The Balaban J connectivity index is 1.49. The molecule has 150 valence electrons. The van der Waals surface area contributed by atoms with E-state index in [0.717, 1.165) is 54.5 Å². The van der Waals surface area contributed by atoms with Gasteiger partial charge >= 0.3 is 0 Å². The van der Waals surface area contributed by atoms with Crippen molar-refractivity contribution >= 4 is 5.91 Å². The van der Waals surface area contributed by atoms with Gasteiger partial charge in [0.05, 0.1) is 19.1 Å². The summed E-state index contributed by atoms with van der Waals surface area (Å²) < 4.78 is 9.46. The summed E-state index contributed by atoms with van der Waals surface area (Å²) in [6, 6.07) is 8.41. The molecule has 0 N–H and O–H groups in total. The van der Waals surface area contributed by atoms with Gasteiger partial charge in [-0.1, -0.05) is 0 Å². The summed E-state index contributed by atoms with van der Waals surface area (Å²) in [5.41, 5.74) is 2.90. The molecule has 1 amide bonds. The van der Waals surface area contributed by atoms with Gasteiger partial charge in [0.2, 0.25) is 5.91 Å². The number of nitrogens with zero attached hydrogens (tertiary/aromatic N) is 5. The van der Waals surface area contributed by atoms with Crippen molar-refractivity contribution in [3.63, 3.8) is 0 Å². The summed E-state index contributed by atoms with van der Waals surface area (Å²) in [6.07, 6.45) is 8.56. The van der Waals surface area contributed by atoms with Crippen molar-refractivity contribution in [1.29, 1.82) is 0 Å². The summed E-state index contributed by atoms with van der Waals surface area (Å²) in [6.45, 7) is 1.61. The van der Waals surface area contributed by atoms with E-state index in [-0.39, 0.29) is 0 Å². The van der Waals surface area contributed by atoms with E-state index in [1.54, 1.807) is 13.3 Å². The highest BCUT2D eigenvalue weighted by atomic mass is 16.5. The van der Waals surface area contributed by atoms with E-state index in [2.05, 4.69) is 14.5 Å². The van der Waals surface area contributed by atoms with Gasteiger partial charge in [0.1, 0.15) is 11.4 Å². The van der Waals surface area contributed by atoms with Gasteiger partial charge in [-0.3, -0.25) is 4.79 Å². The van der Waals surface area contributed by atoms with E-state index in [1.807, 2.05) is 48.4 Å². The van der Waals surface area contributed by atoms with Crippen LogP contribution in [0.4, 0.5) is 0 Å². The number of aromatic nitrogens is 4. The molecule has 1 atom stereocenters.